The van der Waals surface area contributed by atoms with Crippen LogP contribution >= 0.6 is 0 Å². The molecular weight excluding hydrogens is 260 g/mol. The summed E-state index contributed by atoms with van der Waals surface area (Å²) in [5.41, 5.74) is 4.80. The molecule has 2 aromatic carbocycles. The van der Waals surface area contributed by atoms with Gasteiger partial charge in [-0.1, -0.05) is 55.5 Å². The smallest absolute Gasteiger partial charge is 0.219 e. The lowest BCUT2D eigenvalue weighted by molar-refractivity contribution is -0.120. The van der Waals surface area contributed by atoms with Crippen molar-refractivity contribution < 1.29 is 4.79 Å². The molecule has 0 saturated heterocycles. The van der Waals surface area contributed by atoms with Gasteiger partial charge >= 0.3 is 0 Å². The van der Waals surface area contributed by atoms with Crippen molar-refractivity contribution in [3.63, 3.8) is 0 Å². The van der Waals surface area contributed by atoms with Crippen LogP contribution in [0.2, 0.25) is 0 Å². The molecule has 1 amide bonds. The SMILES string of the molecule is CCC(=O)NCc1ccccc1-c1ccccc1CNC. The molecule has 21 heavy (non-hydrogen) atoms. The van der Waals surface area contributed by atoms with E-state index in [2.05, 4.69) is 47.0 Å². The van der Waals surface area contributed by atoms with Crippen molar-refractivity contribution in [1.82, 2.24) is 10.6 Å². The van der Waals surface area contributed by atoms with Crippen LogP contribution in [0, 0.1) is 0 Å². The number of amides is 1. The van der Waals surface area contributed by atoms with Gasteiger partial charge in [0.2, 0.25) is 5.91 Å². The van der Waals surface area contributed by atoms with Crippen LogP contribution < -0.4 is 10.6 Å². The Bertz CT molecular complexity index is 608. The number of nitrogens with one attached hydrogen (secondary N) is 2. The summed E-state index contributed by atoms with van der Waals surface area (Å²) in [6.45, 7) is 3.26. The van der Waals surface area contributed by atoms with Crippen LogP contribution in [0.3, 0.4) is 0 Å². The summed E-state index contributed by atoms with van der Waals surface area (Å²) in [5, 5.41) is 6.16. The summed E-state index contributed by atoms with van der Waals surface area (Å²) >= 11 is 0. The van der Waals surface area contributed by atoms with E-state index in [9.17, 15) is 4.79 Å². The van der Waals surface area contributed by atoms with Gasteiger partial charge in [-0.05, 0) is 29.3 Å². The van der Waals surface area contributed by atoms with Gasteiger partial charge < -0.3 is 10.6 Å². The first-order chi connectivity index (χ1) is 10.3. The quantitative estimate of drug-likeness (QED) is 0.855. The molecule has 0 saturated carbocycles. The first-order valence-corrected chi connectivity index (χ1v) is 7.33. The van der Waals surface area contributed by atoms with Crippen LogP contribution in [0.5, 0.6) is 0 Å². The molecule has 2 aromatic rings. The number of carbonyl (C=O) groups is 1. The van der Waals surface area contributed by atoms with Crippen molar-refractivity contribution in [2.24, 2.45) is 0 Å². The van der Waals surface area contributed by atoms with Crippen LogP contribution in [0.25, 0.3) is 11.1 Å². The van der Waals surface area contributed by atoms with Crippen LogP contribution in [-0.2, 0) is 17.9 Å². The molecule has 0 spiro atoms. The van der Waals surface area contributed by atoms with Crippen molar-refractivity contribution in [3.8, 4) is 11.1 Å². The molecule has 2 rings (SSSR count). The lowest BCUT2D eigenvalue weighted by Gasteiger charge is -2.14. The predicted octanol–water partition coefficient (Wildman–Crippen LogP) is 3.10. The Kier molecular flexibility index (Phi) is 5.52. The highest BCUT2D eigenvalue weighted by atomic mass is 16.1. The van der Waals surface area contributed by atoms with Gasteiger partial charge in [0.25, 0.3) is 0 Å². The minimum Gasteiger partial charge on any atom is -0.352 e. The van der Waals surface area contributed by atoms with Gasteiger partial charge in [0.05, 0.1) is 0 Å². The van der Waals surface area contributed by atoms with E-state index in [0.29, 0.717) is 13.0 Å². The fourth-order valence-corrected chi connectivity index (χ4v) is 2.38. The fraction of sp³-hybridized carbons (Fsp3) is 0.278. The molecule has 3 heteroatoms. The van der Waals surface area contributed by atoms with Crippen molar-refractivity contribution in [2.75, 3.05) is 7.05 Å². The molecule has 3 nitrogen and oxygen atoms in total. The maximum atomic E-state index is 11.5. The molecule has 0 aliphatic heterocycles. The molecule has 110 valence electrons. The largest absolute Gasteiger partial charge is 0.352 e. The highest BCUT2D eigenvalue weighted by Crippen LogP contribution is 2.27. The average molecular weight is 282 g/mol. The van der Waals surface area contributed by atoms with E-state index >= 15 is 0 Å². The first kappa shape index (κ1) is 15.3. The third kappa shape index (κ3) is 3.92. The number of hydrogen-bond donors (Lipinski definition) is 2. The zero-order valence-electron chi connectivity index (χ0n) is 12.6. The Balaban J connectivity index is 2.33. The van der Waals surface area contributed by atoms with Gasteiger partial charge in [-0.3, -0.25) is 4.79 Å². The monoisotopic (exact) mass is 282 g/mol. The molecule has 0 aliphatic rings. The number of benzene rings is 2. The summed E-state index contributed by atoms with van der Waals surface area (Å²) < 4.78 is 0. The summed E-state index contributed by atoms with van der Waals surface area (Å²) in [7, 11) is 1.95. The lowest BCUT2D eigenvalue weighted by Crippen LogP contribution is -2.21. The zero-order valence-corrected chi connectivity index (χ0v) is 12.6. The Morgan fingerprint density at radius 1 is 0.905 bits per heavy atom. The van der Waals surface area contributed by atoms with Crippen molar-refractivity contribution in [2.45, 2.75) is 26.4 Å². The fourth-order valence-electron chi connectivity index (χ4n) is 2.38. The molecule has 0 atom stereocenters. The minimum atomic E-state index is 0.0771. The molecule has 0 unspecified atom stereocenters. The van der Waals surface area contributed by atoms with E-state index < -0.39 is 0 Å². The normalized spacial score (nSPS) is 10.4. The summed E-state index contributed by atoms with van der Waals surface area (Å²) in [6, 6.07) is 16.6. The van der Waals surface area contributed by atoms with Gasteiger partial charge in [0.15, 0.2) is 0 Å². The molecule has 0 aromatic heterocycles. The van der Waals surface area contributed by atoms with E-state index in [-0.39, 0.29) is 5.91 Å². The van der Waals surface area contributed by atoms with E-state index in [1.54, 1.807) is 0 Å². The van der Waals surface area contributed by atoms with E-state index in [4.69, 9.17) is 0 Å². The highest BCUT2D eigenvalue weighted by Gasteiger charge is 2.09. The van der Waals surface area contributed by atoms with E-state index in [1.165, 1.54) is 16.7 Å². The molecule has 0 fully saturated rings. The molecule has 0 heterocycles. The summed E-state index contributed by atoms with van der Waals surface area (Å²) in [6.07, 6.45) is 0.512. The zero-order chi connectivity index (χ0) is 15.1. The van der Waals surface area contributed by atoms with Crippen molar-refractivity contribution in [1.29, 1.82) is 0 Å². The van der Waals surface area contributed by atoms with Gasteiger partial charge in [0, 0.05) is 19.5 Å². The average Bonchev–Trinajstić information content (AvgIpc) is 2.54. The van der Waals surface area contributed by atoms with Crippen LogP contribution in [0.15, 0.2) is 48.5 Å². The molecule has 0 aliphatic carbocycles. The summed E-state index contributed by atoms with van der Waals surface area (Å²) in [4.78, 5) is 11.5. The second kappa shape index (κ2) is 7.60. The number of rotatable bonds is 6. The van der Waals surface area contributed by atoms with Gasteiger partial charge in [-0.2, -0.15) is 0 Å². The Labute approximate surface area is 126 Å². The molecule has 2 N–H and O–H groups in total. The maximum Gasteiger partial charge on any atom is 0.219 e. The predicted molar refractivity (Wildman–Crippen MR) is 86.8 cm³/mol. The van der Waals surface area contributed by atoms with Crippen LogP contribution in [0.4, 0.5) is 0 Å². The van der Waals surface area contributed by atoms with Gasteiger partial charge in [0.1, 0.15) is 0 Å². The van der Waals surface area contributed by atoms with Gasteiger partial charge in [-0.25, -0.2) is 0 Å². The van der Waals surface area contributed by atoms with Crippen molar-refractivity contribution in [3.05, 3.63) is 59.7 Å². The molecule has 0 radical (unpaired) electrons. The number of carbonyl (C=O) groups excluding carboxylic acids is 1. The Morgan fingerprint density at radius 2 is 1.43 bits per heavy atom. The van der Waals surface area contributed by atoms with Crippen LogP contribution in [0.1, 0.15) is 24.5 Å². The minimum absolute atomic E-state index is 0.0771. The third-order valence-electron chi connectivity index (χ3n) is 3.49. The molecular formula is C18H22N2O. The first-order valence-electron chi connectivity index (χ1n) is 7.33. The second-order valence-corrected chi connectivity index (χ2v) is 4.97. The molecule has 0 bridgehead atoms. The standard InChI is InChI=1S/C18H22N2O/c1-3-18(21)20-13-15-9-5-7-11-17(15)16-10-6-4-8-14(16)12-19-2/h4-11,19H,3,12-13H2,1-2H3,(H,20,21). The number of hydrogen-bond acceptors (Lipinski definition) is 2. The highest BCUT2D eigenvalue weighted by molar-refractivity contribution is 5.76. The summed E-state index contributed by atoms with van der Waals surface area (Å²) in [5.74, 6) is 0.0771. The Morgan fingerprint density at radius 3 is 1.95 bits per heavy atom. The lowest BCUT2D eigenvalue weighted by atomic mass is 9.95. The third-order valence-corrected chi connectivity index (χ3v) is 3.49. The maximum absolute atomic E-state index is 11.5. The van der Waals surface area contributed by atoms with Crippen LogP contribution in [-0.4, -0.2) is 13.0 Å². The van der Waals surface area contributed by atoms with Crippen molar-refractivity contribution >= 4 is 5.91 Å². The second-order valence-electron chi connectivity index (χ2n) is 4.97. The van der Waals surface area contributed by atoms with Gasteiger partial charge in [-0.15, -0.1) is 0 Å². The Hall–Kier alpha value is -2.13. The van der Waals surface area contributed by atoms with E-state index in [1.807, 2.05) is 26.1 Å². The topological polar surface area (TPSA) is 41.1 Å². The van der Waals surface area contributed by atoms with E-state index in [0.717, 1.165) is 12.1 Å².